The zero-order valence-corrected chi connectivity index (χ0v) is 16.3. The molecule has 1 fully saturated rings. The number of cyclic esters (lactones) is 1. The Morgan fingerprint density at radius 1 is 1.33 bits per heavy atom. The summed E-state index contributed by atoms with van der Waals surface area (Å²) in [6.45, 7) is 3.54. The van der Waals surface area contributed by atoms with Gasteiger partial charge in [-0.15, -0.1) is 0 Å². The Hall–Kier alpha value is -4.02. The minimum Gasteiger partial charge on any atom is -0.461 e. The number of aromatic nitrogens is 5. The van der Waals surface area contributed by atoms with Gasteiger partial charge in [-0.2, -0.15) is 20.1 Å². The first-order chi connectivity index (χ1) is 14.7. The zero-order valence-electron chi connectivity index (χ0n) is 16.3. The molecule has 1 aliphatic heterocycles. The van der Waals surface area contributed by atoms with Crippen LogP contribution in [0.4, 0.5) is 10.7 Å². The molecule has 1 aliphatic rings. The molecule has 1 N–H and O–H groups in total. The van der Waals surface area contributed by atoms with Crippen LogP contribution in [0.1, 0.15) is 11.1 Å². The van der Waals surface area contributed by atoms with E-state index < -0.39 is 0 Å². The molecule has 0 unspecified atom stereocenters. The Balaban J connectivity index is 1.47. The Morgan fingerprint density at radius 3 is 3.03 bits per heavy atom. The van der Waals surface area contributed by atoms with Crippen molar-refractivity contribution in [3.05, 3.63) is 54.1 Å². The van der Waals surface area contributed by atoms with E-state index in [2.05, 4.69) is 30.5 Å². The summed E-state index contributed by atoms with van der Waals surface area (Å²) < 4.78 is 12.2. The molecule has 4 rings (SSSR count). The molecule has 0 radical (unpaired) electrons. The van der Waals surface area contributed by atoms with Crippen LogP contribution in [0.25, 0.3) is 5.95 Å². The van der Waals surface area contributed by atoms with Crippen LogP contribution >= 0.6 is 0 Å². The highest BCUT2D eigenvalue weighted by atomic mass is 16.6. The lowest BCUT2D eigenvalue weighted by Gasteiger charge is -2.13. The Morgan fingerprint density at radius 2 is 2.27 bits per heavy atom. The molecule has 154 valence electrons. The predicted octanol–water partition coefficient (Wildman–Crippen LogP) is 1.64. The van der Waals surface area contributed by atoms with Crippen molar-refractivity contribution in [1.82, 2.24) is 29.4 Å². The van der Waals surface area contributed by atoms with Gasteiger partial charge in [0.15, 0.2) is 0 Å². The molecule has 0 atom stereocenters. The molecular formula is C19H20N8O3. The Labute approximate surface area is 172 Å². The first-order valence-electron chi connectivity index (χ1n) is 9.32. The Kier molecular flexibility index (Phi) is 5.78. The van der Waals surface area contributed by atoms with Crippen LogP contribution in [0, 0.1) is 6.92 Å². The summed E-state index contributed by atoms with van der Waals surface area (Å²) in [7, 11) is 0. The second-order valence-electron chi connectivity index (χ2n) is 6.45. The number of nitrogens with zero attached hydrogens (tertiary/aromatic N) is 7. The monoisotopic (exact) mass is 408 g/mol. The van der Waals surface area contributed by atoms with Gasteiger partial charge in [0.05, 0.1) is 19.3 Å². The maximum atomic E-state index is 11.5. The van der Waals surface area contributed by atoms with Crippen LogP contribution in [0.3, 0.4) is 0 Å². The van der Waals surface area contributed by atoms with E-state index in [1.165, 1.54) is 0 Å². The van der Waals surface area contributed by atoms with Gasteiger partial charge in [0.2, 0.25) is 5.95 Å². The van der Waals surface area contributed by atoms with Gasteiger partial charge in [-0.05, 0) is 12.5 Å². The second-order valence-corrected chi connectivity index (χ2v) is 6.45. The molecule has 3 aromatic rings. The third-order valence-electron chi connectivity index (χ3n) is 4.20. The van der Waals surface area contributed by atoms with Gasteiger partial charge in [0, 0.05) is 12.4 Å². The van der Waals surface area contributed by atoms with Gasteiger partial charge in [0.1, 0.15) is 19.5 Å². The predicted molar refractivity (Wildman–Crippen MR) is 108 cm³/mol. The van der Waals surface area contributed by atoms with Gasteiger partial charge in [-0.3, -0.25) is 4.57 Å². The molecule has 2 aromatic heterocycles. The molecule has 1 saturated heterocycles. The van der Waals surface area contributed by atoms with Crippen molar-refractivity contribution in [1.29, 1.82) is 0 Å². The fourth-order valence-corrected chi connectivity index (χ4v) is 2.74. The highest BCUT2D eigenvalue weighted by Crippen LogP contribution is 2.12. The van der Waals surface area contributed by atoms with Crippen LogP contribution in [0.15, 0.2) is 48.1 Å². The molecule has 0 aliphatic carbocycles. The summed E-state index contributed by atoms with van der Waals surface area (Å²) >= 11 is 0. The van der Waals surface area contributed by atoms with E-state index in [4.69, 9.17) is 9.47 Å². The van der Waals surface area contributed by atoms with Crippen molar-refractivity contribution < 1.29 is 14.3 Å². The molecule has 11 heteroatoms. The lowest BCUT2D eigenvalue weighted by Crippen LogP contribution is -2.29. The number of amides is 1. The number of ether oxygens (including phenoxy) is 2. The van der Waals surface area contributed by atoms with Crippen molar-refractivity contribution >= 4 is 18.3 Å². The average Bonchev–Trinajstić information content (AvgIpc) is 3.40. The quantitative estimate of drug-likeness (QED) is 0.441. The van der Waals surface area contributed by atoms with Crippen LogP contribution in [0.5, 0.6) is 6.01 Å². The molecule has 11 nitrogen and oxygen atoms in total. The minimum atomic E-state index is -0.346. The average molecular weight is 408 g/mol. The second kappa shape index (κ2) is 8.99. The summed E-state index contributed by atoms with van der Waals surface area (Å²) in [6, 6.07) is 8.03. The third kappa shape index (κ3) is 4.87. The largest absolute Gasteiger partial charge is 0.461 e. The highest BCUT2D eigenvalue weighted by molar-refractivity contribution is 5.80. The number of hydrogen-bond acceptors (Lipinski definition) is 9. The number of hydrogen-bond donors (Lipinski definition) is 1. The molecule has 0 saturated carbocycles. The van der Waals surface area contributed by atoms with E-state index in [-0.39, 0.29) is 24.7 Å². The summed E-state index contributed by atoms with van der Waals surface area (Å²) in [5.74, 6) is 0.541. The zero-order chi connectivity index (χ0) is 20.8. The molecule has 1 aromatic carbocycles. The molecule has 0 bridgehead atoms. The SMILES string of the molecule is Cc1cccc(/C=N/Nc2nc(OCCN3CCOC3=O)nc(-n3ccnc3)n2)c1. The fraction of sp³-hybridized carbons (Fsp3) is 0.263. The number of benzene rings is 1. The first-order valence-corrected chi connectivity index (χ1v) is 9.32. The first kappa shape index (κ1) is 19.3. The van der Waals surface area contributed by atoms with E-state index in [9.17, 15) is 4.79 Å². The molecule has 30 heavy (non-hydrogen) atoms. The van der Waals surface area contributed by atoms with Crippen molar-refractivity contribution in [2.24, 2.45) is 5.10 Å². The van der Waals surface area contributed by atoms with Crippen molar-refractivity contribution in [2.75, 3.05) is 31.7 Å². The maximum Gasteiger partial charge on any atom is 0.410 e. The van der Waals surface area contributed by atoms with E-state index in [0.29, 0.717) is 25.6 Å². The van der Waals surface area contributed by atoms with Crippen molar-refractivity contribution in [2.45, 2.75) is 6.92 Å². The van der Waals surface area contributed by atoms with Crippen LogP contribution in [-0.4, -0.2) is 68.0 Å². The lowest BCUT2D eigenvalue weighted by molar-refractivity contribution is 0.152. The van der Waals surface area contributed by atoms with E-state index in [0.717, 1.165) is 11.1 Å². The molecule has 3 heterocycles. The van der Waals surface area contributed by atoms with E-state index >= 15 is 0 Å². The van der Waals surface area contributed by atoms with Crippen LogP contribution in [-0.2, 0) is 4.74 Å². The standard InChI is InChI=1S/C19H20N8O3/c1-14-3-2-4-15(11-14)12-21-25-16-22-17(27-6-5-20-13-27)24-18(23-16)29-9-7-26-8-10-30-19(26)28/h2-6,11-13H,7-10H2,1H3,(H,22,23,24,25)/b21-12+. The molecule has 1 amide bonds. The number of nitrogens with one attached hydrogen (secondary N) is 1. The van der Waals surface area contributed by atoms with Gasteiger partial charge in [0.25, 0.3) is 5.95 Å². The van der Waals surface area contributed by atoms with Gasteiger partial charge < -0.3 is 14.4 Å². The summed E-state index contributed by atoms with van der Waals surface area (Å²) in [4.78, 5) is 29.9. The van der Waals surface area contributed by atoms with E-state index in [1.54, 1.807) is 34.4 Å². The number of hydrazone groups is 1. The van der Waals surface area contributed by atoms with Crippen molar-refractivity contribution in [3.8, 4) is 12.0 Å². The van der Waals surface area contributed by atoms with Gasteiger partial charge in [-0.1, -0.05) is 29.8 Å². The number of aryl methyl sites for hydroxylation is 1. The molecular weight excluding hydrogens is 388 g/mol. The Bertz CT molecular complexity index is 1040. The summed E-state index contributed by atoms with van der Waals surface area (Å²) in [5, 5.41) is 4.19. The summed E-state index contributed by atoms with van der Waals surface area (Å²) in [6.07, 6.45) is 6.22. The van der Waals surface area contributed by atoms with Gasteiger partial charge >= 0.3 is 12.1 Å². The highest BCUT2D eigenvalue weighted by Gasteiger charge is 2.21. The number of carbonyl (C=O) groups is 1. The van der Waals surface area contributed by atoms with Crippen molar-refractivity contribution in [3.63, 3.8) is 0 Å². The summed E-state index contributed by atoms with van der Waals surface area (Å²) in [5.41, 5.74) is 4.89. The lowest BCUT2D eigenvalue weighted by atomic mass is 10.2. The number of anilines is 1. The van der Waals surface area contributed by atoms with Crippen LogP contribution < -0.4 is 10.2 Å². The minimum absolute atomic E-state index is 0.106. The van der Waals surface area contributed by atoms with Crippen LogP contribution in [0.2, 0.25) is 0 Å². The normalized spacial score (nSPS) is 13.6. The number of rotatable bonds is 8. The van der Waals surface area contributed by atoms with Gasteiger partial charge in [-0.25, -0.2) is 15.2 Å². The molecule has 0 spiro atoms. The fourth-order valence-electron chi connectivity index (χ4n) is 2.74. The topological polar surface area (TPSA) is 120 Å². The smallest absolute Gasteiger partial charge is 0.410 e. The third-order valence-corrected chi connectivity index (χ3v) is 4.20. The van der Waals surface area contributed by atoms with E-state index in [1.807, 2.05) is 31.2 Å². The maximum absolute atomic E-state index is 11.5. The number of imidazole rings is 1. The number of carbonyl (C=O) groups excluding carboxylic acids is 1.